The number of methoxy groups -OCH3 is 1. The Balaban J connectivity index is 1.68. The molecule has 1 amide bonds. The highest BCUT2D eigenvalue weighted by molar-refractivity contribution is 6.30. The van der Waals surface area contributed by atoms with Crippen molar-refractivity contribution >= 4 is 28.9 Å². The van der Waals surface area contributed by atoms with Crippen LogP contribution in [0.1, 0.15) is 10.4 Å². The van der Waals surface area contributed by atoms with Crippen LogP contribution in [0.2, 0.25) is 5.02 Å². The number of hydrogen-bond acceptors (Lipinski definition) is 6. The van der Waals surface area contributed by atoms with Crippen LogP contribution in [0.15, 0.2) is 83.8 Å². The van der Waals surface area contributed by atoms with Crippen molar-refractivity contribution in [1.29, 1.82) is 0 Å². The molecule has 2 N–H and O–H groups in total. The quantitative estimate of drug-likeness (QED) is 0.311. The Labute approximate surface area is 211 Å². The molecule has 0 aliphatic rings. The predicted octanol–water partition coefficient (Wildman–Crippen LogP) is 4.94. The Hall–Kier alpha value is -4.21. The topological polar surface area (TPSA) is 94.5 Å². The van der Waals surface area contributed by atoms with Crippen LogP contribution in [-0.4, -0.2) is 35.9 Å². The molecule has 8 nitrogen and oxygen atoms in total. The second-order valence-electron chi connectivity index (χ2n) is 7.56. The Kier molecular flexibility index (Phi) is 7.94. The Morgan fingerprint density at radius 2 is 1.83 bits per heavy atom. The molecule has 0 spiro atoms. The minimum absolute atomic E-state index is 0.0183. The van der Waals surface area contributed by atoms with E-state index >= 15 is 0 Å². The molecule has 184 valence electrons. The average Bonchev–Trinajstić information content (AvgIpc) is 2.88. The summed E-state index contributed by atoms with van der Waals surface area (Å²) in [6.07, 6.45) is 1.31. The molecule has 0 fully saturated rings. The van der Waals surface area contributed by atoms with E-state index in [1.165, 1.54) is 24.4 Å². The lowest BCUT2D eigenvalue weighted by molar-refractivity contribution is 0.0937. The lowest BCUT2D eigenvalue weighted by Crippen LogP contribution is -2.26. The number of benzene rings is 3. The van der Waals surface area contributed by atoms with Gasteiger partial charge in [0.05, 0.1) is 18.5 Å². The van der Waals surface area contributed by atoms with Crippen LogP contribution >= 0.6 is 11.6 Å². The van der Waals surface area contributed by atoms with Gasteiger partial charge in [-0.2, -0.15) is 9.78 Å². The molecule has 1 aromatic heterocycles. The first-order chi connectivity index (χ1) is 17.5. The molecule has 0 radical (unpaired) electrons. The summed E-state index contributed by atoms with van der Waals surface area (Å²) in [5, 5.41) is 10.4. The van der Waals surface area contributed by atoms with Gasteiger partial charge in [0.1, 0.15) is 0 Å². The van der Waals surface area contributed by atoms with E-state index < -0.39 is 11.4 Å². The zero-order chi connectivity index (χ0) is 25.5. The van der Waals surface area contributed by atoms with E-state index in [-0.39, 0.29) is 23.1 Å². The van der Waals surface area contributed by atoms with Gasteiger partial charge in [0.15, 0.2) is 23.0 Å². The lowest BCUT2D eigenvalue weighted by Gasteiger charge is -2.15. The van der Waals surface area contributed by atoms with Gasteiger partial charge in [-0.15, -0.1) is 0 Å². The SMILES string of the molecule is COCCNC(=O)c1ccc(Nc2c(Oc3ccccc3F)cnn(-c3cccc(Cl)c3)c2=O)cc1. The van der Waals surface area contributed by atoms with Crippen LogP contribution in [0.5, 0.6) is 11.5 Å². The largest absolute Gasteiger partial charge is 0.450 e. The van der Waals surface area contributed by atoms with Crippen molar-refractivity contribution in [2.24, 2.45) is 0 Å². The fraction of sp³-hybridized carbons (Fsp3) is 0.115. The number of anilines is 2. The number of rotatable bonds is 9. The summed E-state index contributed by atoms with van der Waals surface area (Å²) < 4.78 is 26.0. The van der Waals surface area contributed by atoms with Gasteiger partial charge in [0.25, 0.3) is 11.5 Å². The number of hydrogen-bond donors (Lipinski definition) is 2. The van der Waals surface area contributed by atoms with Gasteiger partial charge in [-0.25, -0.2) is 4.39 Å². The van der Waals surface area contributed by atoms with E-state index in [9.17, 15) is 14.0 Å². The lowest BCUT2D eigenvalue weighted by atomic mass is 10.2. The summed E-state index contributed by atoms with van der Waals surface area (Å²) in [5.41, 5.74) is 0.849. The van der Waals surface area contributed by atoms with Crippen LogP contribution in [0.25, 0.3) is 5.69 Å². The molecule has 10 heteroatoms. The van der Waals surface area contributed by atoms with E-state index in [1.54, 1.807) is 61.7 Å². The monoisotopic (exact) mass is 508 g/mol. The maximum atomic E-state index is 14.2. The van der Waals surface area contributed by atoms with Crippen molar-refractivity contribution < 1.29 is 18.7 Å². The first-order valence-corrected chi connectivity index (χ1v) is 11.3. The summed E-state index contributed by atoms with van der Waals surface area (Å²) in [5.74, 6) is -0.893. The molecule has 0 saturated heterocycles. The van der Waals surface area contributed by atoms with Crippen LogP contribution in [0.3, 0.4) is 0 Å². The molecule has 0 unspecified atom stereocenters. The standard InChI is InChI=1S/C26H22ClFN4O4/c1-35-14-13-29-25(33)17-9-11-19(12-10-17)31-24-23(36-22-8-3-2-7-21(22)28)16-30-32(26(24)34)20-6-4-5-18(27)15-20/h2-12,15-16,31H,13-14H2,1H3,(H,29,33). The summed E-state index contributed by atoms with van der Waals surface area (Å²) in [6, 6.07) is 19.0. The Morgan fingerprint density at radius 1 is 1.06 bits per heavy atom. The van der Waals surface area contributed by atoms with Gasteiger partial charge in [-0.1, -0.05) is 29.8 Å². The van der Waals surface area contributed by atoms with E-state index in [0.717, 1.165) is 4.68 Å². The first kappa shape index (κ1) is 24.9. The summed E-state index contributed by atoms with van der Waals surface area (Å²) in [4.78, 5) is 25.7. The fourth-order valence-corrected chi connectivity index (χ4v) is 3.47. The molecule has 0 aliphatic heterocycles. The van der Waals surface area contributed by atoms with E-state index in [1.807, 2.05) is 0 Å². The molecule has 1 heterocycles. The molecule has 0 bridgehead atoms. The van der Waals surface area contributed by atoms with Crippen LogP contribution in [0.4, 0.5) is 15.8 Å². The van der Waals surface area contributed by atoms with Gasteiger partial charge in [-0.05, 0) is 54.6 Å². The zero-order valence-corrected chi connectivity index (χ0v) is 20.0. The zero-order valence-electron chi connectivity index (χ0n) is 19.2. The van der Waals surface area contributed by atoms with Gasteiger partial charge >= 0.3 is 0 Å². The smallest absolute Gasteiger partial charge is 0.299 e. The van der Waals surface area contributed by atoms with Gasteiger partial charge < -0.3 is 20.1 Å². The molecule has 4 rings (SSSR count). The summed E-state index contributed by atoms with van der Waals surface area (Å²) >= 11 is 6.09. The highest BCUT2D eigenvalue weighted by Gasteiger charge is 2.17. The number of aromatic nitrogens is 2. The number of ether oxygens (including phenoxy) is 2. The van der Waals surface area contributed by atoms with E-state index in [4.69, 9.17) is 21.1 Å². The number of para-hydroxylation sites is 1. The molecule has 4 aromatic rings. The number of nitrogens with one attached hydrogen (secondary N) is 2. The third-order valence-electron chi connectivity index (χ3n) is 5.06. The minimum Gasteiger partial charge on any atom is -0.450 e. The van der Waals surface area contributed by atoms with E-state index in [2.05, 4.69) is 15.7 Å². The maximum Gasteiger partial charge on any atom is 0.299 e. The third-order valence-corrected chi connectivity index (χ3v) is 5.30. The van der Waals surface area contributed by atoms with Crippen molar-refractivity contribution in [2.45, 2.75) is 0 Å². The molecular formula is C26H22ClFN4O4. The van der Waals surface area contributed by atoms with Crippen molar-refractivity contribution in [1.82, 2.24) is 15.1 Å². The van der Waals surface area contributed by atoms with Gasteiger partial charge in [-0.3, -0.25) is 9.59 Å². The second-order valence-corrected chi connectivity index (χ2v) is 8.00. The van der Waals surface area contributed by atoms with Crippen LogP contribution in [0, 0.1) is 5.82 Å². The Morgan fingerprint density at radius 3 is 2.56 bits per heavy atom. The van der Waals surface area contributed by atoms with Crippen molar-refractivity contribution in [3.63, 3.8) is 0 Å². The molecular weight excluding hydrogens is 487 g/mol. The Bertz CT molecular complexity index is 1430. The van der Waals surface area contributed by atoms with Gasteiger partial charge in [0.2, 0.25) is 0 Å². The number of carbonyl (C=O) groups excluding carboxylic acids is 1. The number of carbonyl (C=O) groups is 1. The molecule has 0 aliphatic carbocycles. The van der Waals surface area contributed by atoms with Crippen molar-refractivity contribution in [3.05, 3.63) is 106 Å². The van der Waals surface area contributed by atoms with Crippen molar-refractivity contribution in [2.75, 3.05) is 25.6 Å². The maximum absolute atomic E-state index is 14.2. The predicted molar refractivity (Wildman–Crippen MR) is 135 cm³/mol. The number of amides is 1. The number of halogens is 2. The molecule has 3 aromatic carbocycles. The van der Waals surface area contributed by atoms with Gasteiger partial charge in [0, 0.05) is 29.9 Å². The first-order valence-electron chi connectivity index (χ1n) is 10.9. The molecule has 0 saturated carbocycles. The van der Waals surface area contributed by atoms with E-state index in [0.29, 0.717) is 35.1 Å². The highest BCUT2D eigenvalue weighted by Crippen LogP contribution is 2.30. The normalized spacial score (nSPS) is 10.6. The fourth-order valence-electron chi connectivity index (χ4n) is 3.29. The molecule has 36 heavy (non-hydrogen) atoms. The second kappa shape index (κ2) is 11.5. The van der Waals surface area contributed by atoms with Crippen LogP contribution in [-0.2, 0) is 4.74 Å². The van der Waals surface area contributed by atoms with Crippen molar-refractivity contribution in [3.8, 4) is 17.2 Å². The third kappa shape index (κ3) is 5.88. The summed E-state index contributed by atoms with van der Waals surface area (Å²) in [6.45, 7) is 0.781. The minimum atomic E-state index is -0.591. The molecule has 0 atom stereocenters. The number of nitrogens with zero attached hydrogens (tertiary/aromatic N) is 2. The highest BCUT2D eigenvalue weighted by atomic mass is 35.5. The average molecular weight is 509 g/mol. The summed E-state index contributed by atoms with van der Waals surface area (Å²) in [7, 11) is 1.55. The van der Waals surface area contributed by atoms with Crippen LogP contribution < -0.4 is 20.9 Å².